The van der Waals surface area contributed by atoms with E-state index in [1.807, 2.05) is 0 Å². The standard InChI is InChI=1S/C11H18N4O4/c16-8-3-1-2-6-12-10(18)14-15-11(19)13-7-9(17)5-4-8/h1-7H2,(H2,12,14,18)(H2,13,15,19). The summed E-state index contributed by atoms with van der Waals surface area (Å²) in [6.45, 7) is 0.254. The minimum absolute atomic E-state index is 0.0251. The number of ketones is 2. The molecule has 8 heteroatoms. The van der Waals surface area contributed by atoms with Gasteiger partial charge in [-0.15, -0.1) is 0 Å². The molecule has 0 unspecified atom stereocenters. The van der Waals surface area contributed by atoms with Gasteiger partial charge in [0, 0.05) is 25.8 Å². The number of hydrogen-bond acceptors (Lipinski definition) is 4. The first kappa shape index (κ1) is 14.9. The van der Waals surface area contributed by atoms with Gasteiger partial charge in [-0.1, -0.05) is 0 Å². The molecule has 4 amide bonds. The first-order chi connectivity index (χ1) is 9.08. The van der Waals surface area contributed by atoms with E-state index in [1.165, 1.54) is 0 Å². The summed E-state index contributed by atoms with van der Waals surface area (Å²) < 4.78 is 0. The van der Waals surface area contributed by atoms with E-state index in [4.69, 9.17) is 0 Å². The van der Waals surface area contributed by atoms with Crippen LogP contribution in [-0.2, 0) is 9.59 Å². The van der Waals surface area contributed by atoms with Crippen LogP contribution in [0, 0.1) is 0 Å². The fourth-order valence-electron chi connectivity index (χ4n) is 1.52. The van der Waals surface area contributed by atoms with Crippen LogP contribution in [-0.4, -0.2) is 36.7 Å². The highest BCUT2D eigenvalue weighted by Crippen LogP contribution is 2.02. The van der Waals surface area contributed by atoms with Crippen LogP contribution in [0.4, 0.5) is 9.59 Å². The van der Waals surface area contributed by atoms with Crippen molar-refractivity contribution in [3.05, 3.63) is 0 Å². The monoisotopic (exact) mass is 270 g/mol. The van der Waals surface area contributed by atoms with Gasteiger partial charge in [0.1, 0.15) is 5.78 Å². The summed E-state index contributed by atoms with van der Waals surface area (Å²) in [6, 6.07) is -1.22. The van der Waals surface area contributed by atoms with Gasteiger partial charge in [0.15, 0.2) is 5.78 Å². The van der Waals surface area contributed by atoms with Gasteiger partial charge >= 0.3 is 12.1 Å². The van der Waals surface area contributed by atoms with E-state index in [1.54, 1.807) is 0 Å². The summed E-state index contributed by atoms with van der Waals surface area (Å²) in [4.78, 5) is 45.2. The molecule has 0 aromatic rings. The van der Waals surface area contributed by atoms with E-state index >= 15 is 0 Å². The number of rotatable bonds is 0. The zero-order chi connectivity index (χ0) is 14.1. The van der Waals surface area contributed by atoms with Gasteiger partial charge in [0.2, 0.25) is 0 Å². The van der Waals surface area contributed by atoms with Gasteiger partial charge in [0.25, 0.3) is 0 Å². The van der Waals surface area contributed by atoms with Gasteiger partial charge in [0.05, 0.1) is 6.54 Å². The maximum Gasteiger partial charge on any atom is 0.333 e. The average Bonchev–Trinajstić information content (AvgIpc) is 2.39. The highest BCUT2D eigenvalue weighted by Gasteiger charge is 2.10. The molecule has 4 N–H and O–H groups in total. The zero-order valence-corrected chi connectivity index (χ0v) is 10.6. The van der Waals surface area contributed by atoms with Crippen LogP contribution in [0.2, 0.25) is 0 Å². The topological polar surface area (TPSA) is 116 Å². The van der Waals surface area contributed by atoms with Crippen LogP contribution in [0.5, 0.6) is 0 Å². The smallest absolute Gasteiger partial charge is 0.333 e. The largest absolute Gasteiger partial charge is 0.337 e. The summed E-state index contributed by atoms with van der Waals surface area (Å²) in [5.74, 6) is -0.194. The van der Waals surface area contributed by atoms with Crippen molar-refractivity contribution in [2.75, 3.05) is 13.1 Å². The summed E-state index contributed by atoms with van der Waals surface area (Å²) in [6.07, 6.45) is 2.06. The van der Waals surface area contributed by atoms with E-state index in [0.29, 0.717) is 25.8 Å². The lowest BCUT2D eigenvalue weighted by Gasteiger charge is -2.09. The molecule has 0 radical (unpaired) electrons. The molecule has 1 fully saturated rings. The van der Waals surface area contributed by atoms with Gasteiger partial charge in [-0.3, -0.25) is 9.59 Å². The minimum Gasteiger partial charge on any atom is -0.337 e. The first-order valence-corrected chi connectivity index (χ1v) is 6.19. The predicted octanol–water partition coefficient (Wildman–Crippen LogP) is -0.398. The molecule has 8 nitrogen and oxygen atoms in total. The van der Waals surface area contributed by atoms with Gasteiger partial charge in [-0.25, -0.2) is 20.4 Å². The number of carbonyl (C=O) groups excluding carboxylic acids is 4. The molecule has 1 aliphatic rings. The highest BCUT2D eigenvalue weighted by molar-refractivity contribution is 5.89. The fourth-order valence-corrected chi connectivity index (χ4v) is 1.52. The second kappa shape index (κ2) is 8.06. The van der Waals surface area contributed by atoms with Crippen molar-refractivity contribution in [3.63, 3.8) is 0 Å². The van der Waals surface area contributed by atoms with E-state index in [2.05, 4.69) is 21.5 Å². The van der Waals surface area contributed by atoms with Gasteiger partial charge in [-0.05, 0) is 12.8 Å². The normalized spacial score (nSPS) is 20.2. The predicted molar refractivity (Wildman–Crippen MR) is 66.2 cm³/mol. The van der Waals surface area contributed by atoms with Crippen LogP contribution in [0.1, 0.15) is 32.1 Å². The molecule has 19 heavy (non-hydrogen) atoms. The molecule has 0 saturated carbocycles. The Morgan fingerprint density at radius 2 is 1.32 bits per heavy atom. The molecule has 0 spiro atoms. The van der Waals surface area contributed by atoms with Gasteiger partial charge in [-0.2, -0.15) is 0 Å². The summed E-state index contributed by atoms with van der Waals surface area (Å²) in [7, 11) is 0. The fraction of sp³-hybridized carbons (Fsp3) is 0.636. The van der Waals surface area contributed by atoms with Crippen LogP contribution < -0.4 is 21.5 Å². The number of hydrogen-bond donors (Lipinski definition) is 4. The van der Waals surface area contributed by atoms with E-state index in [9.17, 15) is 19.2 Å². The highest BCUT2D eigenvalue weighted by atomic mass is 16.2. The quantitative estimate of drug-likeness (QED) is 0.479. The second-order valence-electron chi connectivity index (χ2n) is 4.22. The van der Waals surface area contributed by atoms with Crippen molar-refractivity contribution in [2.24, 2.45) is 0 Å². The van der Waals surface area contributed by atoms with E-state index in [0.717, 1.165) is 0 Å². The van der Waals surface area contributed by atoms with Crippen molar-refractivity contribution < 1.29 is 19.2 Å². The third-order valence-electron chi connectivity index (χ3n) is 2.59. The Morgan fingerprint density at radius 1 is 0.684 bits per heavy atom. The summed E-state index contributed by atoms with van der Waals surface area (Å²) in [5.41, 5.74) is 4.24. The lowest BCUT2D eigenvalue weighted by molar-refractivity contribution is -0.123. The number of hydrazine groups is 1. The van der Waals surface area contributed by atoms with Crippen LogP contribution in [0.25, 0.3) is 0 Å². The Kier molecular flexibility index (Phi) is 6.34. The molecule has 106 valence electrons. The zero-order valence-electron chi connectivity index (χ0n) is 10.6. The Labute approximate surface area is 110 Å². The lowest BCUT2D eigenvalue weighted by Crippen LogP contribution is -2.51. The Hall–Kier alpha value is -2.12. The minimum atomic E-state index is -0.676. The second-order valence-corrected chi connectivity index (χ2v) is 4.22. The molecular weight excluding hydrogens is 252 g/mol. The van der Waals surface area contributed by atoms with E-state index < -0.39 is 12.1 Å². The third-order valence-corrected chi connectivity index (χ3v) is 2.59. The Balaban J connectivity index is 2.46. The average molecular weight is 270 g/mol. The number of urea groups is 2. The molecule has 0 aliphatic carbocycles. The number of carbonyl (C=O) groups is 4. The van der Waals surface area contributed by atoms with Crippen LogP contribution in [0.3, 0.4) is 0 Å². The molecule has 1 aliphatic heterocycles. The Bertz CT molecular complexity index is 336. The molecule has 0 aromatic heterocycles. The molecule has 0 atom stereocenters. The third kappa shape index (κ3) is 7.02. The number of nitrogens with one attached hydrogen (secondary N) is 4. The molecule has 1 rings (SSSR count). The van der Waals surface area contributed by atoms with Crippen molar-refractivity contribution in [1.82, 2.24) is 21.5 Å². The van der Waals surface area contributed by atoms with Crippen molar-refractivity contribution in [2.45, 2.75) is 32.1 Å². The summed E-state index contributed by atoms with van der Waals surface area (Å²) in [5, 5.41) is 4.81. The molecular formula is C11H18N4O4. The number of Topliss-reactive ketones (excluding diaryl/α,β-unsaturated/α-hetero) is 2. The SMILES string of the molecule is O=C1CCCCNC(=O)NNC(=O)NCC(=O)CC1. The lowest BCUT2D eigenvalue weighted by atomic mass is 10.1. The van der Waals surface area contributed by atoms with Gasteiger partial charge < -0.3 is 10.6 Å². The van der Waals surface area contributed by atoms with Crippen molar-refractivity contribution >= 4 is 23.6 Å². The molecule has 1 heterocycles. The van der Waals surface area contributed by atoms with E-state index in [-0.39, 0.29) is 31.0 Å². The van der Waals surface area contributed by atoms with Crippen molar-refractivity contribution in [3.8, 4) is 0 Å². The van der Waals surface area contributed by atoms with Crippen molar-refractivity contribution in [1.29, 1.82) is 0 Å². The molecule has 0 bridgehead atoms. The molecule has 0 aromatic carbocycles. The first-order valence-electron chi connectivity index (χ1n) is 6.19. The Morgan fingerprint density at radius 3 is 2.05 bits per heavy atom. The van der Waals surface area contributed by atoms with Crippen LogP contribution >= 0.6 is 0 Å². The maximum absolute atomic E-state index is 11.4. The molecule has 1 saturated heterocycles. The maximum atomic E-state index is 11.4. The van der Waals surface area contributed by atoms with Crippen LogP contribution in [0.15, 0.2) is 0 Å². The number of amides is 4. The summed E-state index contributed by atoms with van der Waals surface area (Å²) >= 11 is 0.